The van der Waals surface area contributed by atoms with Crippen molar-refractivity contribution in [1.82, 2.24) is 19.6 Å². The molecule has 0 radical (unpaired) electrons. The average Bonchev–Trinajstić information content (AvgIpc) is 3.35. The number of carbonyl (C=O) groups excluding carboxylic acids is 2. The maximum atomic E-state index is 15.3. The normalized spacial score (nSPS) is 21.6. The third kappa shape index (κ3) is 7.19. The highest BCUT2D eigenvalue weighted by Gasteiger charge is 2.61. The minimum absolute atomic E-state index is 0.00648. The zero-order valence-corrected chi connectivity index (χ0v) is 27.5. The second kappa shape index (κ2) is 14.4. The summed E-state index contributed by atoms with van der Waals surface area (Å²) in [4.78, 5) is 35.9. The van der Waals surface area contributed by atoms with Crippen LogP contribution in [0.2, 0.25) is 5.02 Å². The van der Waals surface area contributed by atoms with E-state index in [1.165, 1.54) is 29.2 Å². The Kier molecular flexibility index (Phi) is 10.3. The first kappa shape index (κ1) is 34.2. The number of fused-ring (bicyclic) bond motifs is 2. The number of ether oxygens (including phenoxy) is 2. The highest BCUT2D eigenvalue weighted by Crippen LogP contribution is 2.44. The van der Waals surface area contributed by atoms with E-state index in [1.807, 2.05) is 6.07 Å². The van der Waals surface area contributed by atoms with Crippen LogP contribution in [0.3, 0.4) is 0 Å². The summed E-state index contributed by atoms with van der Waals surface area (Å²) in [6.07, 6.45) is 0.474. The summed E-state index contributed by atoms with van der Waals surface area (Å²) in [5, 5.41) is 0.390. The van der Waals surface area contributed by atoms with Gasteiger partial charge >= 0.3 is 0 Å². The van der Waals surface area contributed by atoms with Crippen molar-refractivity contribution >= 4 is 33.4 Å². The second-order valence-corrected chi connectivity index (χ2v) is 14.2. The van der Waals surface area contributed by atoms with Crippen LogP contribution in [0.5, 0.6) is 11.5 Å². The number of nitrogens with zero attached hydrogens (tertiary/aromatic N) is 3. The number of nitrogens with one attached hydrogen (secondary N) is 1. The Hall–Kier alpha value is -3.66. The number of likely N-dealkylation sites (tertiary alicyclic amines) is 1. The fraction of sp³-hybridized carbons (Fsp3) is 0.394. The van der Waals surface area contributed by atoms with Crippen molar-refractivity contribution in [2.75, 3.05) is 45.9 Å². The Bertz CT molecular complexity index is 1720. The molecule has 11 nitrogen and oxygen atoms in total. The van der Waals surface area contributed by atoms with Gasteiger partial charge in [-0.15, -0.1) is 0 Å². The Morgan fingerprint density at radius 3 is 2.40 bits per heavy atom. The molecule has 2 amide bonds. The molecule has 0 spiro atoms. The summed E-state index contributed by atoms with van der Waals surface area (Å²) in [5.41, 5.74) is 1.37. The van der Waals surface area contributed by atoms with Crippen molar-refractivity contribution in [2.24, 2.45) is 0 Å². The molecule has 1 N–H and O–H groups in total. The zero-order valence-electron chi connectivity index (χ0n) is 25.9. The van der Waals surface area contributed by atoms with Gasteiger partial charge in [-0.05, 0) is 54.8 Å². The van der Waals surface area contributed by atoms with Gasteiger partial charge in [0.05, 0.1) is 24.7 Å². The molecule has 256 valence electrons. The van der Waals surface area contributed by atoms with Crippen LogP contribution in [-0.2, 0) is 35.8 Å². The molecule has 0 aromatic heterocycles. The van der Waals surface area contributed by atoms with E-state index in [1.54, 1.807) is 24.3 Å². The highest BCUT2D eigenvalue weighted by atomic mass is 35.5. The van der Waals surface area contributed by atoms with Gasteiger partial charge in [0.2, 0.25) is 15.9 Å². The Morgan fingerprint density at radius 2 is 1.71 bits per heavy atom. The van der Waals surface area contributed by atoms with Crippen molar-refractivity contribution in [3.05, 3.63) is 89.0 Å². The lowest BCUT2D eigenvalue weighted by Crippen LogP contribution is -2.69. The molecule has 0 aliphatic carbocycles. The van der Waals surface area contributed by atoms with E-state index in [9.17, 15) is 18.0 Å². The number of carbonyl (C=O) groups is 2. The number of hydroxylamine groups is 1. The molecule has 0 saturated carbocycles. The molecule has 3 aromatic rings. The van der Waals surface area contributed by atoms with Crippen LogP contribution in [0.4, 0.5) is 8.78 Å². The zero-order chi connectivity index (χ0) is 33.9. The third-order valence-electron chi connectivity index (χ3n) is 8.86. The van der Waals surface area contributed by atoms with Gasteiger partial charge < -0.3 is 14.4 Å². The van der Waals surface area contributed by atoms with Crippen LogP contribution in [0, 0.1) is 11.6 Å². The standard InChI is InChI=1S/C33H35ClF2N4O7S/c34-24-6-8-26(9-7-24)47-31-28(35)18-27(19-29(31)36)48(43,44)40-25-10-12-33(40,32(42)37-46-21-23-4-2-1-3-5-23)22-39(20-25)30(41)11-13-38-14-16-45-17-15-38/h1-9,18-19,25H,10-17,20-22H2,(H,37,42). The van der Waals surface area contributed by atoms with E-state index in [0.29, 0.717) is 50.0 Å². The number of morpholine rings is 1. The van der Waals surface area contributed by atoms with Crippen LogP contribution in [0.15, 0.2) is 71.6 Å². The molecule has 48 heavy (non-hydrogen) atoms. The molecule has 3 heterocycles. The quantitative estimate of drug-likeness (QED) is 0.297. The van der Waals surface area contributed by atoms with Gasteiger partial charge in [-0.3, -0.25) is 19.3 Å². The van der Waals surface area contributed by atoms with Crippen LogP contribution in [0.1, 0.15) is 24.8 Å². The first-order valence-corrected chi connectivity index (χ1v) is 17.4. The van der Waals surface area contributed by atoms with Gasteiger partial charge in [0.15, 0.2) is 17.4 Å². The Morgan fingerprint density at radius 1 is 1.02 bits per heavy atom. The molecule has 15 heteroatoms. The van der Waals surface area contributed by atoms with Crippen LogP contribution in [0.25, 0.3) is 0 Å². The van der Waals surface area contributed by atoms with Gasteiger partial charge in [-0.1, -0.05) is 41.9 Å². The molecule has 3 saturated heterocycles. The lowest BCUT2D eigenvalue weighted by atomic mass is 9.95. The maximum absolute atomic E-state index is 15.3. The first-order chi connectivity index (χ1) is 23.1. The van der Waals surface area contributed by atoms with E-state index in [4.69, 9.17) is 25.9 Å². The molecule has 3 aliphatic heterocycles. The topological polar surface area (TPSA) is 118 Å². The van der Waals surface area contributed by atoms with Crippen molar-refractivity contribution in [1.29, 1.82) is 0 Å². The van der Waals surface area contributed by atoms with E-state index >= 15 is 8.78 Å². The molecule has 3 aliphatic rings. The van der Waals surface area contributed by atoms with Gasteiger partial charge in [-0.2, -0.15) is 4.31 Å². The Labute approximate surface area is 282 Å². The van der Waals surface area contributed by atoms with Crippen molar-refractivity contribution in [3.8, 4) is 11.5 Å². The summed E-state index contributed by atoms with van der Waals surface area (Å²) >= 11 is 5.88. The van der Waals surface area contributed by atoms with Crippen molar-refractivity contribution in [3.63, 3.8) is 0 Å². The monoisotopic (exact) mass is 704 g/mol. The molecule has 2 bridgehead atoms. The van der Waals surface area contributed by atoms with E-state index in [0.717, 1.165) is 9.87 Å². The summed E-state index contributed by atoms with van der Waals surface area (Å²) in [6.45, 7) is 2.81. The molecule has 6 rings (SSSR count). The van der Waals surface area contributed by atoms with E-state index < -0.39 is 49.8 Å². The van der Waals surface area contributed by atoms with Crippen molar-refractivity contribution in [2.45, 2.75) is 42.3 Å². The Balaban J connectivity index is 1.26. The molecule has 3 fully saturated rings. The van der Waals surface area contributed by atoms with Gasteiger partial charge in [0.1, 0.15) is 11.3 Å². The number of rotatable bonds is 11. The molecule has 3 aromatic carbocycles. The van der Waals surface area contributed by atoms with Gasteiger partial charge in [0.25, 0.3) is 5.91 Å². The summed E-state index contributed by atoms with van der Waals surface area (Å²) in [6, 6.07) is 15.3. The van der Waals surface area contributed by atoms with E-state index in [-0.39, 0.29) is 50.6 Å². The number of halogens is 3. The minimum Gasteiger partial charge on any atom is -0.451 e. The second-order valence-electron chi connectivity index (χ2n) is 12.0. The van der Waals surface area contributed by atoms with Crippen LogP contribution < -0.4 is 10.2 Å². The SMILES string of the molecule is O=C(CCN1CCOCC1)N1CC2CCC(C(=O)NOCc3ccccc3)(C1)N2S(=O)(=O)c1cc(F)c(Oc2ccc(Cl)cc2)c(F)c1. The number of hydrogen-bond donors (Lipinski definition) is 1. The smallest absolute Gasteiger partial charge is 0.266 e. The molecular formula is C33H35ClF2N4O7S. The predicted molar refractivity (Wildman–Crippen MR) is 170 cm³/mol. The largest absolute Gasteiger partial charge is 0.451 e. The van der Waals surface area contributed by atoms with E-state index in [2.05, 4.69) is 10.4 Å². The molecule has 2 atom stereocenters. The lowest BCUT2D eigenvalue weighted by molar-refractivity contribution is -0.150. The predicted octanol–water partition coefficient (Wildman–Crippen LogP) is 4.11. The summed E-state index contributed by atoms with van der Waals surface area (Å²) in [5.74, 6) is -4.22. The summed E-state index contributed by atoms with van der Waals surface area (Å²) < 4.78 is 70.9. The fourth-order valence-electron chi connectivity index (χ4n) is 6.44. The van der Waals surface area contributed by atoms with Crippen LogP contribution in [-0.4, -0.2) is 91.9 Å². The number of piperazine rings is 1. The number of hydrogen-bond acceptors (Lipinski definition) is 8. The number of sulfonamides is 1. The number of benzene rings is 3. The lowest BCUT2D eigenvalue weighted by Gasteiger charge is -2.46. The fourth-order valence-corrected chi connectivity index (χ4v) is 8.56. The van der Waals surface area contributed by atoms with Gasteiger partial charge in [0, 0.05) is 50.2 Å². The first-order valence-electron chi connectivity index (χ1n) is 15.6. The minimum atomic E-state index is -4.69. The van der Waals surface area contributed by atoms with Gasteiger partial charge in [-0.25, -0.2) is 22.7 Å². The number of amides is 2. The summed E-state index contributed by atoms with van der Waals surface area (Å²) in [7, 11) is -4.69. The molecular weight excluding hydrogens is 670 g/mol. The van der Waals surface area contributed by atoms with Crippen LogP contribution >= 0.6 is 11.6 Å². The maximum Gasteiger partial charge on any atom is 0.266 e. The molecule has 2 unspecified atom stereocenters. The third-order valence-corrected chi connectivity index (χ3v) is 11.1. The highest BCUT2D eigenvalue weighted by molar-refractivity contribution is 7.89. The average molecular weight is 705 g/mol. The van der Waals surface area contributed by atoms with Crippen molar-refractivity contribution < 1.29 is 41.1 Å².